The van der Waals surface area contributed by atoms with Crippen LogP contribution in [0.4, 0.5) is 0 Å². The number of aliphatic hydroxyl groups is 1. The highest BCUT2D eigenvalue weighted by atomic mass is 16.3. The number of nitrogens with one attached hydrogen (secondary N) is 1. The predicted octanol–water partition coefficient (Wildman–Crippen LogP) is 1.21. The van der Waals surface area contributed by atoms with Gasteiger partial charge in [-0.05, 0) is 12.8 Å². The highest BCUT2D eigenvalue weighted by molar-refractivity contribution is 4.63. The van der Waals surface area contributed by atoms with Gasteiger partial charge in [-0.1, -0.05) is 33.1 Å². The van der Waals surface area contributed by atoms with E-state index in [1.165, 1.54) is 0 Å². The lowest BCUT2D eigenvalue weighted by atomic mass is 10.1. The number of rotatable bonds is 8. The average Bonchev–Trinajstić information content (AvgIpc) is 2.12. The topological polar surface area (TPSA) is 58.3 Å². The van der Waals surface area contributed by atoms with E-state index in [1.54, 1.807) is 0 Å². The van der Waals surface area contributed by atoms with Crippen LogP contribution in [0, 0.1) is 0 Å². The monoisotopic (exact) mass is 188 g/mol. The Morgan fingerprint density at radius 3 is 2.46 bits per heavy atom. The fourth-order valence-electron chi connectivity index (χ4n) is 1.24. The maximum absolute atomic E-state index is 9.48. The SMILES string of the molecule is CCCCC(O)CNC(N)CCC. The van der Waals surface area contributed by atoms with Gasteiger partial charge in [0.1, 0.15) is 0 Å². The van der Waals surface area contributed by atoms with Crippen molar-refractivity contribution in [1.82, 2.24) is 5.32 Å². The molecule has 0 radical (unpaired) electrons. The third-order valence-corrected chi connectivity index (χ3v) is 2.11. The minimum atomic E-state index is -0.233. The molecule has 3 heteroatoms. The zero-order chi connectivity index (χ0) is 10.1. The van der Waals surface area contributed by atoms with Gasteiger partial charge in [0.25, 0.3) is 0 Å². The molecule has 80 valence electrons. The summed E-state index contributed by atoms with van der Waals surface area (Å²) in [5.41, 5.74) is 5.74. The van der Waals surface area contributed by atoms with E-state index < -0.39 is 0 Å². The van der Waals surface area contributed by atoms with Crippen molar-refractivity contribution in [3.05, 3.63) is 0 Å². The molecule has 0 rings (SSSR count). The molecule has 0 aliphatic heterocycles. The minimum Gasteiger partial charge on any atom is -0.392 e. The lowest BCUT2D eigenvalue weighted by molar-refractivity contribution is 0.154. The Bertz CT molecular complexity index is 109. The molecule has 0 saturated heterocycles. The highest BCUT2D eigenvalue weighted by Crippen LogP contribution is 1.99. The normalized spacial score (nSPS) is 15.7. The number of unbranched alkanes of at least 4 members (excludes halogenated alkanes) is 1. The Balaban J connectivity index is 3.29. The molecule has 0 saturated carbocycles. The van der Waals surface area contributed by atoms with E-state index in [9.17, 15) is 5.11 Å². The first kappa shape index (κ1) is 12.9. The molecule has 0 bridgehead atoms. The van der Waals surface area contributed by atoms with Crippen molar-refractivity contribution in [3.8, 4) is 0 Å². The number of aliphatic hydroxyl groups excluding tert-OH is 1. The second-order valence-electron chi connectivity index (χ2n) is 3.60. The van der Waals surface area contributed by atoms with Gasteiger partial charge in [0.2, 0.25) is 0 Å². The summed E-state index contributed by atoms with van der Waals surface area (Å²) < 4.78 is 0. The molecule has 4 N–H and O–H groups in total. The van der Waals surface area contributed by atoms with Crippen molar-refractivity contribution in [2.45, 2.75) is 58.2 Å². The van der Waals surface area contributed by atoms with Crippen LogP contribution in [0.25, 0.3) is 0 Å². The Labute approximate surface area is 81.7 Å². The molecule has 2 atom stereocenters. The molecule has 0 aromatic heterocycles. The molecule has 0 aliphatic carbocycles. The molecule has 0 spiro atoms. The van der Waals surface area contributed by atoms with Gasteiger partial charge in [-0.15, -0.1) is 0 Å². The maximum Gasteiger partial charge on any atom is 0.0665 e. The van der Waals surface area contributed by atoms with Crippen molar-refractivity contribution in [2.24, 2.45) is 5.73 Å². The molecule has 2 unspecified atom stereocenters. The van der Waals surface area contributed by atoms with Crippen molar-refractivity contribution in [1.29, 1.82) is 0 Å². The number of hydrogen-bond acceptors (Lipinski definition) is 3. The third-order valence-electron chi connectivity index (χ3n) is 2.11. The van der Waals surface area contributed by atoms with Gasteiger partial charge in [-0.2, -0.15) is 0 Å². The summed E-state index contributed by atoms with van der Waals surface area (Å²) in [7, 11) is 0. The van der Waals surface area contributed by atoms with Crippen molar-refractivity contribution < 1.29 is 5.11 Å². The van der Waals surface area contributed by atoms with Crippen LogP contribution < -0.4 is 11.1 Å². The number of nitrogens with two attached hydrogens (primary N) is 1. The predicted molar refractivity (Wildman–Crippen MR) is 56.4 cm³/mol. The van der Waals surface area contributed by atoms with E-state index in [-0.39, 0.29) is 12.3 Å². The molecule has 0 aromatic rings. The van der Waals surface area contributed by atoms with Crippen LogP contribution >= 0.6 is 0 Å². The van der Waals surface area contributed by atoms with E-state index in [0.29, 0.717) is 6.54 Å². The van der Waals surface area contributed by atoms with E-state index in [0.717, 1.165) is 32.1 Å². The summed E-state index contributed by atoms with van der Waals surface area (Å²) in [5, 5.41) is 12.6. The van der Waals surface area contributed by atoms with Gasteiger partial charge < -0.3 is 10.8 Å². The van der Waals surface area contributed by atoms with Gasteiger partial charge in [-0.3, -0.25) is 5.32 Å². The Morgan fingerprint density at radius 1 is 1.23 bits per heavy atom. The van der Waals surface area contributed by atoms with Crippen molar-refractivity contribution in [3.63, 3.8) is 0 Å². The van der Waals surface area contributed by atoms with Gasteiger partial charge in [0.05, 0.1) is 12.3 Å². The fourth-order valence-corrected chi connectivity index (χ4v) is 1.24. The van der Waals surface area contributed by atoms with E-state index in [1.807, 2.05) is 0 Å². The highest BCUT2D eigenvalue weighted by Gasteiger charge is 2.05. The molecular formula is C10H24N2O. The van der Waals surface area contributed by atoms with Gasteiger partial charge in [-0.25, -0.2) is 0 Å². The first-order valence-electron chi connectivity index (χ1n) is 5.37. The van der Waals surface area contributed by atoms with Crippen molar-refractivity contribution in [2.75, 3.05) is 6.54 Å². The summed E-state index contributed by atoms with van der Waals surface area (Å²) in [6.45, 7) is 4.86. The molecule has 0 amide bonds. The van der Waals surface area contributed by atoms with E-state index in [4.69, 9.17) is 5.73 Å². The lowest BCUT2D eigenvalue weighted by Gasteiger charge is -2.16. The molecule has 0 aliphatic rings. The van der Waals surface area contributed by atoms with Crippen LogP contribution in [-0.2, 0) is 0 Å². The van der Waals surface area contributed by atoms with Gasteiger partial charge in [0, 0.05) is 6.54 Å². The Kier molecular flexibility index (Phi) is 8.40. The van der Waals surface area contributed by atoms with Crippen LogP contribution in [-0.4, -0.2) is 23.9 Å². The largest absolute Gasteiger partial charge is 0.392 e. The van der Waals surface area contributed by atoms with Crippen LogP contribution in [0.3, 0.4) is 0 Å². The van der Waals surface area contributed by atoms with Crippen LogP contribution in [0.15, 0.2) is 0 Å². The second-order valence-corrected chi connectivity index (χ2v) is 3.60. The second kappa shape index (κ2) is 8.48. The first-order valence-corrected chi connectivity index (χ1v) is 5.37. The standard InChI is InChI=1S/C10H24N2O/c1-3-5-7-9(13)8-12-10(11)6-4-2/h9-10,12-13H,3-8,11H2,1-2H3. The van der Waals surface area contributed by atoms with E-state index >= 15 is 0 Å². The minimum absolute atomic E-state index is 0.0428. The van der Waals surface area contributed by atoms with Crippen LogP contribution in [0.2, 0.25) is 0 Å². The lowest BCUT2D eigenvalue weighted by Crippen LogP contribution is -2.41. The Morgan fingerprint density at radius 2 is 1.92 bits per heavy atom. The summed E-state index contributed by atoms with van der Waals surface area (Å²) >= 11 is 0. The zero-order valence-corrected chi connectivity index (χ0v) is 8.92. The summed E-state index contributed by atoms with van der Waals surface area (Å²) in [4.78, 5) is 0. The molecular weight excluding hydrogens is 164 g/mol. The molecule has 0 aromatic carbocycles. The van der Waals surface area contributed by atoms with Crippen molar-refractivity contribution >= 4 is 0 Å². The van der Waals surface area contributed by atoms with Gasteiger partial charge >= 0.3 is 0 Å². The fraction of sp³-hybridized carbons (Fsp3) is 1.00. The molecule has 0 heterocycles. The van der Waals surface area contributed by atoms with E-state index in [2.05, 4.69) is 19.2 Å². The summed E-state index contributed by atoms with van der Waals surface area (Å²) in [6, 6.07) is 0. The zero-order valence-electron chi connectivity index (χ0n) is 8.92. The average molecular weight is 188 g/mol. The number of hydrogen-bond donors (Lipinski definition) is 3. The summed E-state index contributed by atoms with van der Waals surface area (Å²) in [5.74, 6) is 0. The first-order chi connectivity index (χ1) is 6.20. The molecule has 0 fully saturated rings. The summed E-state index contributed by atoms with van der Waals surface area (Å²) in [6.07, 6.45) is 4.97. The Hall–Kier alpha value is -0.120. The van der Waals surface area contributed by atoms with Gasteiger partial charge in [0.15, 0.2) is 0 Å². The molecule has 3 nitrogen and oxygen atoms in total. The molecule has 13 heavy (non-hydrogen) atoms. The third kappa shape index (κ3) is 8.22. The maximum atomic E-state index is 9.48. The van der Waals surface area contributed by atoms with Crippen LogP contribution in [0.5, 0.6) is 0 Å². The smallest absolute Gasteiger partial charge is 0.0665 e. The quantitative estimate of drug-likeness (QED) is 0.502. The van der Waals surface area contributed by atoms with Crippen LogP contribution in [0.1, 0.15) is 46.0 Å².